The Bertz CT molecular complexity index is 1030. The fraction of sp³-hybridized carbons (Fsp3) is 0.381. The van der Waals surface area contributed by atoms with Crippen LogP contribution in [-0.4, -0.2) is 22.6 Å². The van der Waals surface area contributed by atoms with Gasteiger partial charge >= 0.3 is 0 Å². The first-order valence-electron chi connectivity index (χ1n) is 9.61. The largest absolute Gasteiger partial charge is 0.333 e. The number of aromatic nitrogens is 2. The molecule has 0 spiro atoms. The number of halogens is 1. The molecular formula is C21H20FN3O2S. The summed E-state index contributed by atoms with van der Waals surface area (Å²) in [7, 11) is 0. The number of fused-ring (bicyclic) bond motifs is 1. The fourth-order valence-corrected chi connectivity index (χ4v) is 5.27. The van der Waals surface area contributed by atoms with E-state index in [0.29, 0.717) is 35.9 Å². The summed E-state index contributed by atoms with van der Waals surface area (Å²) in [6.07, 6.45) is 5.02. The molecule has 2 aromatic heterocycles. The van der Waals surface area contributed by atoms with Gasteiger partial charge in [0.1, 0.15) is 5.82 Å². The molecular weight excluding hydrogens is 377 g/mol. The standard InChI is InChI=1S/C21H20FN3O2S/c1-12-15(22)6-4-7-16(12)25-11-14(10-19(25)26)20-23-21(27-24-20)18-9-13-5-2-3-8-17(13)28-18/h4,6-7,9,14H,2-3,5,8,10-11H2,1H3. The molecule has 0 radical (unpaired) electrons. The van der Waals surface area contributed by atoms with Gasteiger partial charge in [-0.15, -0.1) is 11.3 Å². The maximum atomic E-state index is 13.9. The Morgan fingerprint density at radius 1 is 1.29 bits per heavy atom. The summed E-state index contributed by atoms with van der Waals surface area (Å²) in [5, 5.41) is 4.15. The van der Waals surface area contributed by atoms with Crippen molar-refractivity contribution in [2.75, 3.05) is 11.4 Å². The monoisotopic (exact) mass is 397 g/mol. The predicted octanol–water partition coefficient (Wildman–Crippen LogP) is 4.64. The minimum atomic E-state index is -0.308. The molecule has 1 aliphatic carbocycles. The maximum absolute atomic E-state index is 13.9. The van der Waals surface area contributed by atoms with E-state index in [1.54, 1.807) is 35.3 Å². The lowest BCUT2D eigenvalue weighted by Gasteiger charge is -2.18. The molecule has 1 amide bonds. The highest BCUT2D eigenvalue weighted by Gasteiger charge is 2.35. The van der Waals surface area contributed by atoms with Gasteiger partial charge in [0.2, 0.25) is 5.91 Å². The lowest BCUT2D eigenvalue weighted by atomic mass is 9.99. The lowest BCUT2D eigenvalue weighted by molar-refractivity contribution is -0.117. The topological polar surface area (TPSA) is 59.2 Å². The van der Waals surface area contributed by atoms with Crippen LogP contribution in [0.2, 0.25) is 0 Å². The van der Waals surface area contributed by atoms with Crippen LogP contribution in [0.4, 0.5) is 10.1 Å². The SMILES string of the molecule is Cc1c(F)cccc1N1CC(c2noc(-c3cc4c(s3)CCCC4)n2)CC1=O. The van der Waals surface area contributed by atoms with Gasteiger partial charge in [-0.05, 0) is 56.4 Å². The summed E-state index contributed by atoms with van der Waals surface area (Å²) in [5.74, 6) is 0.574. The second-order valence-corrected chi connectivity index (χ2v) is 8.65. The number of rotatable bonds is 3. The van der Waals surface area contributed by atoms with Gasteiger partial charge in [-0.1, -0.05) is 11.2 Å². The minimum Gasteiger partial charge on any atom is -0.333 e. The van der Waals surface area contributed by atoms with E-state index in [1.807, 2.05) is 0 Å². The zero-order valence-corrected chi connectivity index (χ0v) is 16.4. The van der Waals surface area contributed by atoms with Crippen LogP contribution in [0.1, 0.15) is 47.0 Å². The van der Waals surface area contributed by atoms with Crippen molar-refractivity contribution < 1.29 is 13.7 Å². The van der Waals surface area contributed by atoms with Gasteiger partial charge in [-0.25, -0.2) is 4.39 Å². The van der Waals surface area contributed by atoms with Crippen molar-refractivity contribution >= 4 is 22.9 Å². The molecule has 28 heavy (non-hydrogen) atoms. The van der Waals surface area contributed by atoms with E-state index in [0.717, 1.165) is 17.7 Å². The zero-order chi connectivity index (χ0) is 19.3. The highest BCUT2D eigenvalue weighted by Crippen LogP contribution is 2.37. The van der Waals surface area contributed by atoms with E-state index >= 15 is 0 Å². The van der Waals surface area contributed by atoms with Crippen LogP contribution >= 0.6 is 11.3 Å². The third-order valence-corrected chi connectivity index (χ3v) is 6.89. The molecule has 1 atom stereocenters. The third kappa shape index (κ3) is 2.94. The Morgan fingerprint density at radius 3 is 3.00 bits per heavy atom. The Labute approximate surface area is 166 Å². The van der Waals surface area contributed by atoms with Crippen LogP contribution < -0.4 is 4.90 Å². The fourth-order valence-electron chi connectivity index (χ4n) is 4.10. The molecule has 2 aliphatic rings. The highest BCUT2D eigenvalue weighted by atomic mass is 32.1. The average Bonchev–Trinajstić information content (AvgIpc) is 3.41. The molecule has 1 unspecified atom stereocenters. The van der Waals surface area contributed by atoms with Crippen molar-refractivity contribution in [3.63, 3.8) is 0 Å². The number of hydrogen-bond donors (Lipinski definition) is 0. The normalized spacial score (nSPS) is 19.3. The van der Waals surface area contributed by atoms with Gasteiger partial charge < -0.3 is 9.42 Å². The Kier molecular flexibility index (Phi) is 4.27. The van der Waals surface area contributed by atoms with Crippen LogP contribution in [0.5, 0.6) is 0 Å². The summed E-state index contributed by atoms with van der Waals surface area (Å²) in [4.78, 5) is 21.2. The van der Waals surface area contributed by atoms with E-state index < -0.39 is 0 Å². The second-order valence-electron chi connectivity index (χ2n) is 7.51. The van der Waals surface area contributed by atoms with Crippen LogP contribution in [0.25, 0.3) is 10.8 Å². The van der Waals surface area contributed by atoms with Gasteiger partial charge in [-0.2, -0.15) is 4.98 Å². The number of carbonyl (C=O) groups excluding carboxylic acids is 1. The molecule has 7 heteroatoms. The first-order valence-corrected chi connectivity index (χ1v) is 10.4. The number of hydrogen-bond acceptors (Lipinski definition) is 5. The Morgan fingerprint density at radius 2 is 2.14 bits per heavy atom. The Hall–Kier alpha value is -2.54. The van der Waals surface area contributed by atoms with E-state index in [-0.39, 0.29) is 17.6 Å². The first kappa shape index (κ1) is 17.6. The van der Waals surface area contributed by atoms with Crippen molar-refractivity contribution in [1.29, 1.82) is 0 Å². The molecule has 3 aromatic rings. The zero-order valence-electron chi connectivity index (χ0n) is 15.6. The van der Waals surface area contributed by atoms with Crippen molar-refractivity contribution in [2.45, 2.75) is 44.9 Å². The molecule has 0 saturated carbocycles. The molecule has 1 saturated heterocycles. The molecule has 1 fully saturated rings. The van der Waals surface area contributed by atoms with Crippen LogP contribution in [0.3, 0.4) is 0 Å². The summed E-state index contributed by atoms with van der Waals surface area (Å²) in [6.45, 7) is 2.12. The van der Waals surface area contributed by atoms with Gasteiger partial charge in [0.05, 0.1) is 4.88 Å². The molecule has 3 heterocycles. The number of amides is 1. The van der Waals surface area contributed by atoms with Crippen LogP contribution in [0, 0.1) is 12.7 Å². The molecule has 0 bridgehead atoms. The Balaban J connectivity index is 1.38. The van der Waals surface area contributed by atoms with Crippen molar-refractivity contribution in [3.8, 4) is 10.8 Å². The van der Waals surface area contributed by atoms with Crippen molar-refractivity contribution in [1.82, 2.24) is 10.1 Å². The van der Waals surface area contributed by atoms with Crippen LogP contribution in [-0.2, 0) is 17.6 Å². The summed E-state index contributed by atoms with van der Waals surface area (Å²) in [6, 6.07) is 6.97. The quantitative estimate of drug-likeness (QED) is 0.646. The van der Waals surface area contributed by atoms with Crippen LogP contribution in [0.15, 0.2) is 28.8 Å². The molecule has 5 nitrogen and oxygen atoms in total. The first-order chi connectivity index (χ1) is 13.6. The number of nitrogens with zero attached hydrogens (tertiary/aromatic N) is 3. The number of anilines is 1. The van der Waals surface area contributed by atoms with E-state index in [2.05, 4.69) is 16.2 Å². The van der Waals surface area contributed by atoms with Crippen molar-refractivity contribution in [2.24, 2.45) is 0 Å². The van der Waals surface area contributed by atoms with E-state index in [4.69, 9.17) is 4.52 Å². The predicted molar refractivity (Wildman–Crippen MR) is 105 cm³/mol. The summed E-state index contributed by atoms with van der Waals surface area (Å²) in [5.41, 5.74) is 2.49. The number of carbonyl (C=O) groups is 1. The second kappa shape index (κ2) is 6.81. The molecule has 1 aromatic carbocycles. The number of thiophene rings is 1. The molecule has 5 rings (SSSR count). The lowest BCUT2D eigenvalue weighted by Crippen LogP contribution is -2.25. The van der Waals surface area contributed by atoms with Gasteiger partial charge in [0.15, 0.2) is 5.82 Å². The third-order valence-electron chi connectivity index (χ3n) is 5.67. The number of aryl methyl sites for hydroxylation is 2. The van der Waals surface area contributed by atoms with Crippen molar-refractivity contribution in [3.05, 3.63) is 51.9 Å². The summed E-state index contributed by atoms with van der Waals surface area (Å²) < 4.78 is 19.4. The minimum absolute atomic E-state index is 0.0448. The van der Waals surface area contributed by atoms with Gasteiger partial charge in [0, 0.05) is 35.0 Å². The summed E-state index contributed by atoms with van der Waals surface area (Å²) >= 11 is 1.73. The molecule has 1 aliphatic heterocycles. The molecule has 144 valence electrons. The molecule has 0 N–H and O–H groups in total. The van der Waals surface area contributed by atoms with E-state index in [1.165, 1.54) is 29.3 Å². The smallest absolute Gasteiger partial charge is 0.268 e. The maximum Gasteiger partial charge on any atom is 0.268 e. The average molecular weight is 397 g/mol. The number of benzene rings is 1. The highest BCUT2D eigenvalue weighted by molar-refractivity contribution is 7.15. The van der Waals surface area contributed by atoms with E-state index in [9.17, 15) is 9.18 Å². The van der Waals surface area contributed by atoms with Gasteiger partial charge in [-0.3, -0.25) is 4.79 Å². The van der Waals surface area contributed by atoms with Gasteiger partial charge in [0.25, 0.3) is 5.89 Å².